The molecule has 1 saturated heterocycles. The van der Waals surface area contributed by atoms with Crippen molar-refractivity contribution in [3.63, 3.8) is 0 Å². The molecule has 5 nitrogen and oxygen atoms in total. The molecule has 0 spiro atoms. The topological polar surface area (TPSA) is 79.6 Å². The fourth-order valence-electron chi connectivity index (χ4n) is 1.56. The van der Waals surface area contributed by atoms with Crippen molar-refractivity contribution >= 4 is 17.7 Å². The van der Waals surface area contributed by atoms with E-state index >= 15 is 0 Å². The summed E-state index contributed by atoms with van der Waals surface area (Å²) in [6.45, 7) is 1.14. The number of nitrogens with one attached hydrogen (secondary N) is 2. The summed E-state index contributed by atoms with van der Waals surface area (Å²) in [6.07, 6.45) is 3.88. The largest absolute Gasteiger partial charge is 0.368 e. The average Bonchev–Trinajstić information content (AvgIpc) is 2.63. The van der Waals surface area contributed by atoms with Gasteiger partial charge in [-0.2, -0.15) is 4.98 Å². The zero-order valence-electron chi connectivity index (χ0n) is 7.99. The second-order valence-electron chi connectivity index (χ2n) is 3.46. The van der Waals surface area contributed by atoms with Crippen molar-refractivity contribution in [2.75, 3.05) is 18.0 Å². The molecule has 0 aromatic carbocycles. The Bertz CT molecular complexity index is 281. The molecule has 14 heavy (non-hydrogen) atoms. The minimum absolute atomic E-state index is 0.393. The van der Waals surface area contributed by atoms with Gasteiger partial charge in [-0.1, -0.05) is 18.2 Å². The first-order valence-electron chi connectivity index (χ1n) is 4.88. The molecule has 0 bridgehead atoms. The number of nitrogens with two attached hydrogens (primary N) is 1. The summed E-state index contributed by atoms with van der Waals surface area (Å²) in [5, 5.41) is 10.8. The lowest BCUT2D eigenvalue weighted by Crippen LogP contribution is -2.35. The fourth-order valence-corrected chi connectivity index (χ4v) is 2.47. The molecular formula is C8H15N5S. The van der Waals surface area contributed by atoms with E-state index in [9.17, 15) is 0 Å². The zero-order chi connectivity index (χ0) is 9.80. The summed E-state index contributed by atoms with van der Waals surface area (Å²) in [7, 11) is 0. The number of aromatic amines is 1. The zero-order valence-corrected chi connectivity index (χ0v) is 8.81. The van der Waals surface area contributed by atoms with Crippen molar-refractivity contribution in [2.45, 2.75) is 30.5 Å². The molecule has 1 unspecified atom stereocenters. The van der Waals surface area contributed by atoms with E-state index in [1.54, 1.807) is 11.8 Å². The first-order chi connectivity index (χ1) is 6.84. The highest BCUT2D eigenvalue weighted by molar-refractivity contribution is 7.99. The van der Waals surface area contributed by atoms with E-state index in [4.69, 9.17) is 5.73 Å². The van der Waals surface area contributed by atoms with Crippen LogP contribution in [0.2, 0.25) is 0 Å². The third-order valence-corrected chi connectivity index (χ3v) is 3.32. The molecule has 0 radical (unpaired) electrons. The third-order valence-electron chi connectivity index (χ3n) is 2.31. The van der Waals surface area contributed by atoms with Gasteiger partial charge in [-0.05, 0) is 19.4 Å². The molecule has 1 fully saturated rings. The number of thioether (sulfide) groups is 1. The number of aromatic nitrogens is 3. The van der Waals surface area contributed by atoms with Gasteiger partial charge in [0, 0.05) is 11.8 Å². The summed E-state index contributed by atoms with van der Waals surface area (Å²) in [5.41, 5.74) is 5.43. The maximum atomic E-state index is 5.43. The second kappa shape index (κ2) is 4.65. The number of hydrogen-bond donors (Lipinski definition) is 3. The molecular weight excluding hydrogens is 198 g/mol. The predicted octanol–water partition coefficient (Wildman–Crippen LogP) is 0.621. The first-order valence-corrected chi connectivity index (χ1v) is 5.87. The van der Waals surface area contributed by atoms with E-state index < -0.39 is 0 Å². The molecule has 78 valence electrons. The van der Waals surface area contributed by atoms with Gasteiger partial charge in [-0.15, -0.1) is 5.10 Å². The van der Waals surface area contributed by atoms with E-state index in [0.717, 1.165) is 17.5 Å². The second-order valence-corrected chi connectivity index (χ2v) is 4.45. The molecule has 4 N–H and O–H groups in total. The fraction of sp³-hybridized carbons (Fsp3) is 0.750. The highest BCUT2D eigenvalue weighted by atomic mass is 32.2. The Morgan fingerprint density at radius 3 is 3.07 bits per heavy atom. The molecule has 0 aliphatic carbocycles. The Hall–Kier alpha value is -0.750. The van der Waals surface area contributed by atoms with E-state index in [0.29, 0.717) is 12.0 Å². The number of rotatable bonds is 3. The number of nitrogens with zero attached hydrogens (tertiary/aromatic N) is 2. The number of H-pyrrole nitrogens is 1. The maximum absolute atomic E-state index is 5.43. The highest BCUT2D eigenvalue weighted by Gasteiger charge is 2.13. The Kier molecular flexibility index (Phi) is 3.26. The van der Waals surface area contributed by atoms with Crippen LogP contribution in [-0.2, 0) is 0 Å². The van der Waals surface area contributed by atoms with Crippen molar-refractivity contribution in [1.29, 1.82) is 0 Å². The monoisotopic (exact) mass is 213 g/mol. The Balaban J connectivity index is 1.76. The average molecular weight is 213 g/mol. The van der Waals surface area contributed by atoms with Gasteiger partial charge in [0.05, 0.1) is 0 Å². The van der Waals surface area contributed by atoms with Gasteiger partial charge in [0.15, 0.2) is 0 Å². The molecule has 1 aromatic heterocycles. The lowest BCUT2D eigenvalue weighted by Gasteiger charge is -2.22. The van der Waals surface area contributed by atoms with E-state index in [2.05, 4.69) is 20.5 Å². The van der Waals surface area contributed by atoms with Gasteiger partial charge in [0.1, 0.15) is 0 Å². The van der Waals surface area contributed by atoms with Crippen molar-refractivity contribution in [1.82, 2.24) is 20.5 Å². The van der Waals surface area contributed by atoms with Crippen LogP contribution in [0.4, 0.5) is 5.95 Å². The molecule has 1 aromatic rings. The van der Waals surface area contributed by atoms with E-state index in [1.165, 1.54) is 19.3 Å². The standard InChI is InChI=1S/C8H15N5S/c9-7-11-8(13-12-7)14-5-6-3-1-2-4-10-6/h6,10H,1-5H2,(H3,9,11,12,13). The van der Waals surface area contributed by atoms with Crippen LogP contribution >= 0.6 is 11.8 Å². The maximum Gasteiger partial charge on any atom is 0.216 e. The van der Waals surface area contributed by atoms with Crippen LogP contribution in [-0.4, -0.2) is 33.5 Å². The Labute approximate surface area is 87.2 Å². The Morgan fingerprint density at radius 2 is 2.43 bits per heavy atom. The molecule has 0 amide bonds. The van der Waals surface area contributed by atoms with Crippen LogP contribution in [0.15, 0.2) is 5.16 Å². The van der Waals surface area contributed by atoms with E-state index in [1.807, 2.05) is 0 Å². The molecule has 2 rings (SSSR count). The summed E-state index contributed by atoms with van der Waals surface area (Å²) < 4.78 is 0. The van der Waals surface area contributed by atoms with Gasteiger partial charge < -0.3 is 11.1 Å². The van der Waals surface area contributed by atoms with Gasteiger partial charge in [-0.25, -0.2) is 5.10 Å². The SMILES string of the molecule is Nc1nc(SCC2CCCCN2)n[nH]1. The van der Waals surface area contributed by atoms with Gasteiger partial charge in [-0.3, -0.25) is 0 Å². The molecule has 0 saturated carbocycles. The smallest absolute Gasteiger partial charge is 0.216 e. The summed E-state index contributed by atoms with van der Waals surface area (Å²) in [5.74, 6) is 1.42. The van der Waals surface area contributed by atoms with Gasteiger partial charge in [0.25, 0.3) is 0 Å². The van der Waals surface area contributed by atoms with Crippen LogP contribution in [0.25, 0.3) is 0 Å². The summed E-state index contributed by atoms with van der Waals surface area (Å²) in [6, 6.07) is 0.605. The van der Waals surface area contributed by atoms with Crippen LogP contribution in [0.3, 0.4) is 0 Å². The van der Waals surface area contributed by atoms with Crippen LogP contribution in [0.1, 0.15) is 19.3 Å². The van der Waals surface area contributed by atoms with Crippen LogP contribution in [0.5, 0.6) is 0 Å². The lowest BCUT2D eigenvalue weighted by atomic mass is 10.1. The van der Waals surface area contributed by atoms with Crippen molar-refractivity contribution in [3.05, 3.63) is 0 Å². The third kappa shape index (κ3) is 2.62. The van der Waals surface area contributed by atoms with Crippen molar-refractivity contribution in [2.24, 2.45) is 0 Å². The minimum atomic E-state index is 0.393. The van der Waals surface area contributed by atoms with Crippen molar-refractivity contribution in [3.8, 4) is 0 Å². The number of anilines is 1. The lowest BCUT2D eigenvalue weighted by molar-refractivity contribution is 0.429. The van der Waals surface area contributed by atoms with E-state index in [-0.39, 0.29) is 0 Å². The number of nitrogen functional groups attached to an aromatic ring is 1. The van der Waals surface area contributed by atoms with Gasteiger partial charge >= 0.3 is 0 Å². The van der Waals surface area contributed by atoms with Crippen LogP contribution in [0, 0.1) is 0 Å². The number of hydrogen-bond acceptors (Lipinski definition) is 5. The highest BCUT2D eigenvalue weighted by Crippen LogP contribution is 2.17. The summed E-state index contributed by atoms with van der Waals surface area (Å²) in [4.78, 5) is 4.04. The van der Waals surface area contributed by atoms with Crippen molar-refractivity contribution < 1.29 is 0 Å². The summed E-state index contributed by atoms with van der Waals surface area (Å²) >= 11 is 1.65. The molecule has 2 heterocycles. The molecule has 6 heteroatoms. The molecule has 1 aliphatic heterocycles. The van der Waals surface area contributed by atoms with Crippen LogP contribution < -0.4 is 11.1 Å². The normalized spacial score (nSPS) is 22.4. The minimum Gasteiger partial charge on any atom is -0.368 e. The predicted molar refractivity (Wildman–Crippen MR) is 57.2 cm³/mol. The first kappa shape index (κ1) is 9.79. The van der Waals surface area contributed by atoms with Gasteiger partial charge in [0.2, 0.25) is 11.1 Å². The molecule has 1 aliphatic rings. The Morgan fingerprint density at radius 1 is 1.50 bits per heavy atom. The molecule has 1 atom stereocenters. The quantitative estimate of drug-likeness (QED) is 0.641. The number of piperidine rings is 1.